The van der Waals surface area contributed by atoms with Crippen LogP contribution in [0.2, 0.25) is 0 Å². The van der Waals surface area contributed by atoms with Crippen LogP contribution in [0.3, 0.4) is 0 Å². The summed E-state index contributed by atoms with van der Waals surface area (Å²) in [7, 11) is -3.44. The molecule has 5 nitrogen and oxygen atoms in total. The first kappa shape index (κ1) is 28.9. The first-order chi connectivity index (χ1) is 15.4. The number of hydrogen-bond acceptors (Lipinski definition) is 5. The highest BCUT2D eigenvalue weighted by molar-refractivity contribution is 7.55. The Balaban J connectivity index is 2.34. The molecule has 0 aliphatic heterocycles. The lowest BCUT2D eigenvalue weighted by atomic mass is 10.1. The van der Waals surface area contributed by atoms with Gasteiger partial charge < -0.3 is 19.5 Å². The van der Waals surface area contributed by atoms with Gasteiger partial charge in [0.25, 0.3) is 0 Å². The second-order valence-electron chi connectivity index (χ2n) is 8.49. The molecule has 0 fully saturated rings. The van der Waals surface area contributed by atoms with E-state index in [0.717, 1.165) is 24.3 Å². The van der Waals surface area contributed by atoms with Crippen molar-refractivity contribution in [2.45, 2.75) is 97.2 Å². The van der Waals surface area contributed by atoms with Gasteiger partial charge >= 0.3 is 7.60 Å². The average molecular weight is 468 g/mol. The summed E-state index contributed by atoms with van der Waals surface area (Å²) < 4.78 is 29.6. The second-order valence-corrected chi connectivity index (χ2v) is 11.0. The minimum absolute atomic E-state index is 0.281. The van der Waals surface area contributed by atoms with E-state index in [0.29, 0.717) is 0 Å². The quantitative estimate of drug-likeness (QED) is 0.165. The third-order valence-corrected chi connectivity index (χ3v) is 7.97. The highest BCUT2D eigenvalue weighted by Crippen LogP contribution is 2.58. The topological polar surface area (TPSA) is 70.8 Å². The first-order valence-corrected chi connectivity index (χ1v) is 14.0. The molecule has 0 aromatic heterocycles. The Hall–Kier alpha value is -1.13. The fourth-order valence-corrected chi connectivity index (χ4v) is 5.03. The van der Waals surface area contributed by atoms with E-state index in [-0.39, 0.29) is 13.2 Å². The van der Waals surface area contributed by atoms with Gasteiger partial charge in [-0.05, 0) is 44.9 Å². The Kier molecular flexibility index (Phi) is 14.9. The summed E-state index contributed by atoms with van der Waals surface area (Å²) in [6.07, 6.45) is 16.7. The largest absolute Gasteiger partial charge is 0.494 e. The molecular weight excluding hydrogens is 421 g/mol. The Bertz CT molecular complexity index is 663. The summed E-state index contributed by atoms with van der Waals surface area (Å²) in [4.78, 5) is 0. The predicted octanol–water partition coefficient (Wildman–Crippen LogP) is 7.94. The molecule has 0 spiro atoms. The van der Waals surface area contributed by atoms with E-state index in [1.807, 2.05) is 30.3 Å². The molecule has 0 heterocycles. The predicted molar refractivity (Wildman–Crippen MR) is 136 cm³/mol. The highest BCUT2D eigenvalue weighted by atomic mass is 31.2. The van der Waals surface area contributed by atoms with Gasteiger partial charge in [0.05, 0.1) is 19.8 Å². The molecule has 32 heavy (non-hydrogen) atoms. The molecular formula is C26H46NO4P. The Morgan fingerprint density at radius 1 is 0.844 bits per heavy atom. The summed E-state index contributed by atoms with van der Waals surface area (Å²) in [6.45, 7) is 8.79. The Morgan fingerprint density at radius 3 is 1.84 bits per heavy atom. The van der Waals surface area contributed by atoms with Crippen molar-refractivity contribution in [3.8, 4) is 5.75 Å². The van der Waals surface area contributed by atoms with E-state index in [1.165, 1.54) is 57.8 Å². The average Bonchev–Trinajstić information content (AvgIpc) is 2.77. The third-order valence-electron chi connectivity index (χ3n) is 5.45. The number of unbranched alkanes of at least 4 members (excludes halogenated alkanes) is 9. The van der Waals surface area contributed by atoms with Crippen molar-refractivity contribution in [2.24, 2.45) is 5.73 Å². The van der Waals surface area contributed by atoms with Crippen molar-refractivity contribution < 1.29 is 18.3 Å². The molecule has 0 saturated carbocycles. The van der Waals surface area contributed by atoms with E-state index < -0.39 is 12.9 Å². The van der Waals surface area contributed by atoms with E-state index >= 15 is 0 Å². The molecule has 2 N–H and O–H groups in total. The van der Waals surface area contributed by atoms with E-state index in [2.05, 4.69) is 6.92 Å². The smallest absolute Gasteiger partial charge is 0.353 e. The van der Waals surface area contributed by atoms with Crippen molar-refractivity contribution in [1.29, 1.82) is 0 Å². The van der Waals surface area contributed by atoms with E-state index in [4.69, 9.17) is 19.5 Å². The molecule has 0 saturated heterocycles. The van der Waals surface area contributed by atoms with Gasteiger partial charge in [-0.1, -0.05) is 89.0 Å². The van der Waals surface area contributed by atoms with Crippen LogP contribution in [0.4, 0.5) is 0 Å². The second kappa shape index (κ2) is 16.5. The molecule has 0 aliphatic carbocycles. The van der Waals surface area contributed by atoms with Crippen molar-refractivity contribution in [3.05, 3.63) is 35.9 Å². The van der Waals surface area contributed by atoms with Crippen LogP contribution in [0.5, 0.6) is 5.75 Å². The van der Waals surface area contributed by atoms with Crippen molar-refractivity contribution in [3.63, 3.8) is 0 Å². The molecule has 1 unspecified atom stereocenters. The normalized spacial score (nSPS) is 14.0. The van der Waals surface area contributed by atoms with Gasteiger partial charge in [0.1, 0.15) is 11.0 Å². The third kappa shape index (κ3) is 11.1. The number of rotatable bonds is 19. The fraction of sp³-hybridized carbons (Fsp3) is 0.692. The fourth-order valence-electron chi connectivity index (χ4n) is 3.47. The van der Waals surface area contributed by atoms with Gasteiger partial charge in [0.15, 0.2) is 0 Å². The van der Waals surface area contributed by atoms with Crippen LogP contribution >= 0.6 is 7.60 Å². The summed E-state index contributed by atoms with van der Waals surface area (Å²) in [5.41, 5.74) is 7.22. The highest BCUT2D eigenvalue weighted by Gasteiger charge is 2.42. The Morgan fingerprint density at radius 2 is 1.34 bits per heavy atom. The molecule has 1 aromatic rings. The standard InChI is InChI=1S/C26H46NO4P/c1-5-8-9-10-11-12-13-14-15-16-23-29-25-19-17-24(18-20-25)21-22-26(4,27)32(28,30-6-2)31-7-3/h17-22H,5-16,23,27H2,1-4H3/b22-21+. The number of ether oxygens (including phenoxy) is 1. The lowest BCUT2D eigenvalue weighted by molar-refractivity contribution is 0.205. The molecule has 0 amide bonds. The van der Waals surface area contributed by atoms with Gasteiger partial charge in [-0.2, -0.15) is 0 Å². The van der Waals surface area contributed by atoms with Crippen molar-refractivity contribution in [2.75, 3.05) is 19.8 Å². The van der Waals surface area contributed by atoms with Crippen LogP contribution in [0, 0.1) is 0 Å². The molecule has 6 heteroatoms. The maximum atomic E-state index is 13.0. The maximum Gasteiger partial charge on any atom is 0.353 e. The summed E-state index contributed by atoms with van der Waals surface area (Å²) in [5, 5.41) is -1.20. The minimum Gasteiger partial charge on any atom is -0.494 e. The van der Waals surface area contributed by atoms with Gasteiger partial charge in [0.2, 0.25) is 0 Å². The van der Waals surface area contributed by atoms with Gasteiger partial charge in [-0.3, -0.25) is 4.57 Å². The molecule has 0 aliphatic rings. The van der Waals surface area contributed by atoms with Crippen molar-refractivity contribution >= 4 is 13.7 Å². The number of nitrogens with two attached hydrogens (primary N) is 1. The van der Waals surface area contributed by atoms with Crippen LogP contribution in [0.15, 0.2) is 30.3 Å². The number of benzene rings is 1. The van der Waals surface area contributed by atoms with Crippen LogP contribution < -0.4 is 10.5 Å². The molecule has 1 aromatic carbocycles. The summed E-state index contributed by atoms with van der Waals surface area (Å²) in [5.74, 6) is 0.864. The molecule has 0 bridgehead atoms. The van der Waals surface area contributed by atoms with Crippen LogP contribution in [-0.2, 0) is 13.6 Å². The summed E-state index contributed by atoms with van der Waals surface area (Å²) in [6, 6.07) is 7.84. The lowest BCUT2D eigenvalue weighted by Crippen LogP contribution is -2.35. The van der Waals surface area contributed by atoms with Crippen LogP contribution in [0.25, 0.3) is 6.08 Å². The van der Waals surface area contributed by atoms with Crippen LogP contribution in [0.1, 0.15) is 97.5 Å². The maximum absolute atomic E-state index is 13.0. The van der Waals surface area contributed by atoms with Gasteiger partial charge in [0, 0.05) is 0 Å². The van der Waals surface area contributed by atoms with Gasteiger partial charge in [-0.25, -0.2) is 0 Å². The SMILES string of the molecule is CCCCCCCCCCCCOc1ccc(/C=C/C(C)(N)P(=O)(OCC)OCC)cc1. The van der Waals surface area contributed by atoms with E-state index in [9.17, 15) is 4.57 Å². The number of hydrogen-bond donors (Lipinski definition) is 1. The van der Waals surface area contributed by atoms with Crippen molar-refractivity contribution in [1.82, 2.24) is 0 Å². The monoisotopic (exact) mass is 467 g/mol. The molecule has 184 valence electrons. The van der Waals surface area contributed by atoms with Crippen LogP contribution in [-0.4, -0.2) is 25.1 Å². The minimum atomic E-state index is -3.44. The molecule has 0 radical (unpaired) electrons. The zero-order valence-electron chi connectivity index (χ0n) is 20.8. The zero-order valence-corrected chi connectivity index (χ0v) is 21.7. The van der Waals surface area contributed by atoms with E-state index in [1.54, 1.807) is 26.8 Å². The molecule has 1 atom stereocenters. The molecule has 1 rings (SSSR count). The first-order valence-electron chi connectivity index (χ1n) is 12.5. The lowest BCUT2D eigenvalue weighted by Gasteiger charge is -2.29. The Labute approximate surface area is 196 Å². The zero-order chi connectivity index (χ0) is 23.7. The summed E-state index contributed by atoms with van der Waals surface area (Å²) >= 11 is 0. The van der Waals surface area contributed by atoms with Gasteiger partial charge in [-0.15, -0.1) is 0 Å².